The maximum absolute atomic E-state index is 14.5. The first kappa shape index (κ1) is 64.2. The summed E-state index contributed by atoms with van der Waals surface area (Å²) in [5.41, 5.74) is 22.2. The van der Waals surface area contributed by atoms with E-state index < -0.39 is 132 Å². The van der Waals surface area contributed by atoms with E-state index in [0.29, 0.717) is 30.8 Å². The number of benzene rings is 1. The van der Waals surface area contributed by atoms with Gasteiger partial charge in [0.05, 0.1) is 25.7 Å². The summed E-state index contributed by atoms with van der Waals surface area (Å²) in [5.74, 6) is -9.32. The highest BCUT2D eigenvalue weighted by molar-refractivity contribution is 8.76. The molecule has 2 fully saturated rings. The van der Waals surface area contributed by atoms with Crippen LogP contribution in [0.15, 0.2) is 29.3 Å². The molecule has 0 unspecified atom stereocenters. The van der Waals surface area contributed by atoms with Crippen LogP contribution < -0.4 is 64.9 Å². The van der Waals surface area contributed by atoms with E-state index in [0.717, 1.165) is 28.5 Å². The van der Waals surface area contributed by atoms with E-state index in [9.17, 15) is 53.1 Å². The number of nitrogens with two attached hydrogens (primary N) is 4. The highest BCUT2D eigenvalue weighted by Gasteiger charge is 2.41. The minimum Gasteiger partial charge on any atom is -0.494 e. The van der Waals surface area contributed by atoms with E-state index in [4.69, 9.17) is 37.6 Å². The second-order valence-corrected chi connectivity index (χ2v) is 20.2. The van der Waals surface area contributed by atoms with Gasteiger partial charge in [0.1, 0.15) is 48.0 Å². The lowest BCUT2D eigenvalue weighted by atomic mass is 9.96. The van der Waals surface area contributed by atoms with Crippen LogP contribution in [0.3, 0.4) is 0 Å². The van der Waals surface area contributed by atoms with E-state index in [1.54, 1.807) is 38.1 Å². The zero-order valence-corrected chi connectivity index (χ0v) is 44.4. The molecule has 2 aliphatic rings. The molecule has 1 aromatic rings. The molecule has 1 aromatic carbocycles. The Labute approximate surface area is 442 Å². The molecular formula is C46H73N13O14S2. The third-order valence-corrected chi connectivity index (χ3v) is 13.8. The number of amides is 10. The fourth-order valence-electron chi connectivity index (χ4n) is 7.47. The number of likely N-dealkylation sites (tertiary alicyclic amines) is 1. The Morgan fingerprint density at radius 3 is 2.07 bits per heavy atom. The van der Waals surface area contributed by atoms with Crippen LogP contribution in [0.25, 0.3) is 0 Å². The number of carboxylic acid groups (broad SMARTS) is 1. The monoisotopic (exact) mass is 1100 g/mol. The number of guanidine groups is 1. The largest absolute Gasteiger partial charge is 0.494 e. The topological polar surface area (TPSA) is 441 Å². The van der Waals surface area contributed by atoms with Crippen LogP contribution in [0.5, 0.6) is 5.75 Å². The van der Waals surface area contributed by atoms with Crippen LogP contribution in [0.2, 0.25) is 0 Å². The average Bonchev–Trinajstić information content (AvgIpc) is 3.84. The number of primary amides is 2. The van der Waals surface area contributed by atoms with Crippen molar-refractivity contribution in [1.82, 2.24) is 42.1 Å². The number of carbonyl (C=O) groups excluding carboxylic acids is 10. The zero-order valence-electron chi connectivity index (χ0n) is 42.7. The SMILES string of the molecule is CC(=O)O.CCOc1ccc(C[C@H]2NC(=O)CCSSC[C@@H](C(=O)N3CCC[C@H]3C(=O)N[C@@H](CCCN=C(N)N)C(=O)NCC(N)=O)NC(=O)[C@H](CC(N)=O)NC(=O)[C@H]([C@@H](C)O)NC(=O)[C@H]([C@@H](C)CC)NC2=O)cc1. The minimum atomic E-state index is -1.75. The number of carboxylic acids is 1. The molecule has 3 rings (SSSR count). The zero-order chi connectivity index (χ0) is 56.4. The predicted octanol–water partition coefficient (Wildman–Crippen LogP) is -3.64. The minimum absolute atomic E-state index is 0.0161. The van der Waals surface area contributed by atoms with Gasteiger partial charge < -0.3 is 80.0 Å². The van der Waals surface area contributed by atoms with Gasteiger partial charge in [0.2, 0.25) is 59.1 Å². The number of ether oxygens (including phenoxy) is 1. The van der Waals surface area contributed by atoms with E-state index in [1.165, 1.54) is 11.8 Å². The number of nitrogens with zero attached hydrogens (tertiary/aromatic N) is 2. The van der Waals surface area contributed by atoms with Crippen molar-refractivity contribution in [3.05, 3.63) is 29.8 Å². The number of nitrogens with one attached hydrogen (secondary N) is 7. The van der Waals surface area contributed by atoms with Crippen LogP contribution in [0.1, 0.15) is 85.1 Å². The van der Waals surface area contributed by atoms with Crippen molar-refractivity contribution in [1.29, 1.82) is 0 Å². The van der Waals surface area contributed by atoms with E-state index in [2.05, 4.69) is 42.2 Å². The van der Waals surface area contributed by atoms with Gasteiger partial charge in [0.25, 0.3) is 5.97 Å². The van der Waals surface area contributed by atoms with Gasteiger partial charge in [-0.15, -0.1) is 0 Å². The maximum atomic E-state index is 14.5. The average molecular weight is 1100 g/mol. The van der Waals surface area contributed by atoms with Crippen LogP contribution in [-0.2, 0) is 59.2 Å². The first-order valence-electron chi connectivity index (χ1n) is 24.2. The number of hydrogen-bond donors (Lipinski definition) is 13. The number of aliphatic imine (C=N–C) groups is 1. The number of hydrogen-bond acceptors (Lipinski definition) is 16. The molecule has 17 N–H and O–H groups in total. The quantitative estimate of drug-likeness (QED) is 0.0275. The smallest absolute Gasteiger partial charge is 0.300 e. The summed E-state index contributed by atoms with van der Waals surface area (Å²) in [6.07, 6.45) is -1.35. The fourth-order valence-corrected chi connectivity index (χ4v) is 9.62. The molecule has 29 heteroatoms. The standard InChI is InChI=1S/C44H69N13O12S2.C2H4O2/c1-5-23(3)35-41(66)56-36(24(4)58)42(67)53-29(20-32(45)59)38(63)54-30(22-71-70-18-15-34(61)51-28(39(64)55-35)19-25-11-13-26(14-12-25)69-6-2)43(68)57-17-8-10-31(57)40(65)52-27(9-7-16-49-44(47)48)37(62)50-21-33(46)60;1-2(3)4/h11-14,23-24,27-31,35-36,58H,5-10,15-22H2,1-4H3,(H2,45,59)(H2,46,60)(H,50,62)(H,51,61)(H,52,65)(H,53,67)(H,54,63)(H,55,64)(H,56,66)(H4,47,48,49);1H3,(H,3,4)/t23-,24+,27-,28+,29-,30-,31-,35-,36-;/m0./s1. The van der Waals surface area contributed by atoms with Crippen molar-refractivity contribution < 1.29 is 67.7 Å². The second-order valence-electron chi connectivity index (χ2n) is 17.6. The molecule has 418 valence electrons. The molecule has 2 heterocycles. The number of aliphatic hydroxyl groups is 1. The Morgan fingerprint density at radius 2 is 1.48 bits per heavy atom. The number of aliphatic carboxylic acids is 1. The summed E-state index contributed by atoms with van der Waals surface area (Å²) in [6.45, 7) is 7.64. The van der Waals surface area contributed by atoms with E-state index in [-0.39, 0.29) is 62.7 Å². The van der Waals surface area contributed by atoms with Gasteiger partial charge >= 0.3 is 0 Å². The Bertz CT molecular complexity index is 2180. The van der Waals surface area contributed by atoms with Gasteiger partial charge in [0.15, 0.2) is 5.96 Å². The van der Waals surface area contributed by atoms with Crippen molar-refractivity contribution >= 4 is 92.6 Å². The molecule has 9 atom stereocenters. The number of aliphatic hydroxyl groups excluding tert-OH is 1. The lowest BCUT2D eigenvalue weighted by Crippen LogP contribution is -2.63. The fraction of sp³-hybridized carbons (Fsp3) is 0.609. The Morgan fingerprint density at radius 1 is 0.853 bits per heavy atom. The van der Waals surface area contributed by atoms with Crippen molar-refractivity contribution in [2.75, 3.05) is 37.7 Å². The van der Waals surface area contributed by atoms with Crippen molar-refractivity contribution in [2.24, 2.45) is 33.8 Å². The summed E-state index contributed by atoms with van der Waals surface area (Å²) in [5, 5.41) is 36.1. The summed E-state index contributed by atoms with van der Waals surface area (Å²) in [4.78, 5) is 149. The highest BCUT2D eigenvalue weighted by Crippen LogP contribution is 2.26. The summed E-state index contributed by atoms with van der Waals surface area (Å²) >= 11 is 0. The predicted molar refractivity (Wildman–Crippen MR) is 278 cm³/mol. The highest BCUT2D eigenvalue weighted by atomic mass is 33.1. The van der Waals surface area contributed by atoms with Crippen LogP contribution >= 0.6 is 21.6 Å². The normalized spacial score (nSPS) is 22.3. The van der Waals surface area contributed by atoms with E-state index in [1.807, 2.05) is 6.92 Å². The molecule has 0 aromatic heterocycles. The molecule has 0 aliphatic carbocycles. The first-order chi connectivity index (χ1) is 35.4. The molecule has 2 aliphatic heterocycles. The second kappa shape index (κ2) is 33.1. The third kappa shape index (κ3) is 23.5. The van der Waals surface area contributed by atoms with Crippen molar-refractivity contribution in [2.45, 2.75) is 134 Å². The van der Waals surface area contributed by atoms with Crippen molar-refractivity contribution in [3.8, 4) is 5.75 Å². The molecule has 10 amide bonds. The molecule has 75 heavy (non-hydrogen) atoms. The third-order valence-electron chi connectivity index (χ3n) is 11.4. The van der Waals surface area contributed by atoms with Crippen molar-refractivity contribution in [3.63, 3.8) is 0 Å². The van der Waals surface area contributed by atoms with Crippen LogP contribution in [0, 0.1) is 5.92 Å². The van der Waals surface area contributed by atoms with Gasteiger partial charge in [-0.25, -0.2) is 0 Å². The summed E-state index contributed by atoms with van der Waals surface area (Å²) < 4.78 is 5.54. The lowest BCUT2D eigenvalue weighted by Gasteiger charge is -2.31. The Hall–Kier alpha value is -6.88. The first-order valence-corrected chi connectivity index (χ1v) is 26.7. The van der Waals surface area contributed by atoms with Gasteiger partial charge in [-0.1, -0.05) is 54.0 Å². The molecular weight excluding hydrogens is 1020 g/mol. The molecule has 0 spiro atoms. The molecule has 0 bridgehead atoms. The van der Waals surface area contributed by atoms with Crippen LogP contribution in [0.4, 0.5) is 0 Å². The molecule has 27 nitrogen and oxygen atoms in total. The van der Waals surface area contributed by atoms with Gasteiger partial charge in [-0.2, -0.15) is 0 Å². The maximum Gasteiger partial charge on any atom is 0.300 e. The molecule has 0 radical (unpaired) electrons. The summed E-state index contributed by atoms with van der Waals surface area (Å²) in [7, 11) is 2.24. The molecule has 2 saturated heterocycles. The van der Waals surface area contributed by atoms with Gasteiger partial charge in [-0.3, -0.25) is 57.7 Å². The Balaban J connectivity index is 0.00000463. The van der Waals surface area contributed by atoms with Crippen LogP contribution in [-0.4, -0.2) is 172 Å². The molecule has 0 saturated carbocycles. The Kier molecular flexibility index (Phi) is 28.4. The van der Waals surface area contributed by atoms with E-state index >= 15 is 0 Å². The van der Waals surface area contributed by atoms with Gasteiger partial charge in [0, 0.05) is 44.4 Å². The lowest BCUT2D eigenvalue weighted by molar-refractivity contribution is -0.142. The number of carbonyl (C=O) groups is 11. The number of rotatable bonds is 19. The van der Waals surface area contributed by atoms with Gasteiger partial charge in [-0.05, 0) is 63.1 Å². The summed E-state index contributed by atoms with van der Waals surface area (Å²) in [6, 6.07) is -2.83.